The molecule has 1 saturated heterocycles. The molecule has 1 fully saturated rings. The van der Waals surface area contributed by atoms with Crippen molar-refractivity contribution in [3.63, 3.8) is 0 Å². The highest BCUT2D eigenvalue weighted by atomic mass is 16.3. The summed E-state index contributed by atoms with van der Waals surface area (Å²) >= 11 is 0. The minimum Gasteiger partial charge on any atom is -0.393 e. The predicted molar refractivity (Wildman–Crippen MR) is 94.4 cm³/mol. The summed E-state index contributed by atoms with van der Waals surface area (Å²) in [6.45, 7) is 0.224. The van der Waals surface area contributed by atoms with Crippen molar-refractivity contribution in [2.24, 2.45) is 0 Å². The average molecular weight is 342 g/mol. The lowest BCUT2D eigenvalue weighted by molar-refractivity contribution is -0.00455. The lowest BCUT2D eigenvalue weighted by atomic mass is 10.1. The number of anilines is 1. The first kappa shape index (κ1) is 17.3. The van der Waals surface area contributed by atoms with Crippen LogP contribution in [-0.2, 0) is 0 Å². The second-order valence-corrected chi connectivity index (χ2v) is 6.60. The Labute approximate surface area is 146 Å². The molecular weight excluding hydrogens is 320 g/mol. The molecule has 1 atom stereocenters. The number of benzene rings is 1. The number of likely N-dealkylation sites (tertiary alicyclic amines) is 1. The van der Waals surface area contributed by atoms with E-state index in [1.54, 1.807) is 35.5 Å². The zero-order chi connectivity index (χ0) is 18.0. The van der Waals surface area contributed by atoms with Gasteiger partial charge in [-0.15, -0.1) is 0 Å². The third-order valence-electron chi connectivity index (χ3n) is 4.40. The largest absolute Gasteiger partial charge is 0.393 e. The van der Waals surface area contributed by atoms with Gasteiger partial charge in [-0.3, -0.25) is 9.78 Å². The molecule has 0 radical (unpaired) electrons. The van der Waals surface area contributed by atoms with Gasteiger partial charge in [-0.1, -0.05) is 12.1 Å². The fraction of sp³-hybridized carbons (Fsp3) is 0.389. The first-order valence-electron chi connectivity index (χ1n) is 8.14. The molecule has 2 N–H and O–H groups in total. The van der Waals surface area contributed by atoms with Gasteiger partial charge in [-0.25, -0.2) is 4.98 Å². The number of hydrogen-bond donors (Lipinski definition) is 2. The van der Waals surface area contributed by atoms with E-state index in [1.807, 2.05) is 25.1 Å². The van der Waals surface area contributed by atoms with E-state index in [2.05, 4.69) is 9.97 Å². The molecule has 0 aliphatic carbocycles. The number of β-amino-alcohol motifs (C(OH)–C–C–N with tert-alkyl or cyclic N) is 1. The van der Waals surface area contributed by atoms with Gasteiger partial charge in [0.2, 0.25) is 0 Å². The Hall–Kier alpha value is -2.51. The number of nitrogens with zero attached hydrogens (tertiary/aromatic N) is 4. The van der Waals surface area contributed by atoms with E-state index in [9.17, 15) is 15.0 Å². The number of hydrogen-bond acceptors (Lipinski definition) is 6. The molecule has 1 aromatic heterocycles. The number of aliphatic hydroxyl groups is 2. The lowest BCUT2D eigenvalue weighted by Crippen LogP contribution is -2.38. The van der Waals surface area contributed by atoms with E-state index in [-0.39, 0.29) is 19.1 Å². The quantitative estimate of drug-likeness (QED) is 0.853. The number of aromatic nitrogens is 2. The molecule has 0 unspecified atom stereocenters. The zero-order valence-electron chi connectivity index (χ0n) is 14.4. The summed E-state index contributed by atoms with van der Waals surface area (Å²) in [6.07, 6.45) is 3.72. The van der Waals surface area contributed by atoms with E-state index in [4.69, 9.17) is 0 Å². The molecule has 25 heavy (non-hydrogen) atoms. The number of aliphatic hydroxyl groups excluding tert-OH is 1. The van der Waals surface area contributed by atoms with Crippen LogP contribution in [0, 0.1) is 0 Å². The van der Waals surface area contributed by atoms with Crippen LogP contribution in [0.15, 0.2) is 36.7 Å². The van der Waals surface area contributed by atoms with E-state index < -0.39 is 5.60 Å². The SMILES string of the molecule is CN(C)c1cncc(-c2cccc(C(=O)N3CC[C@](O)(CO)C3)c2)n1. The third kappa shape index (κ3) is 3.62. The van der Waals surface area contributed by atoms with Crippen molar-refractivity contribution >= 4 is 11.7 Å². The van der Waals surface area contributed by atoms with Crippen LogP contribution in [0.1, 0.15) is 16.8 Å². The fourth-order valence-electron chi connectivity index (χ4n) is 2.86. The van der Waals surface area contributed by atoms with Crippen LogP contribution in [0.5, 0.6) is 0 Å². The number of rotatable bonds is 4. The van der Waals surface area contributed by atoms with Gasteiger partial charge in [0.25, 0.3) is 5.91 Å². The maximum Gasteiger partial charge on any atom is 0.253 e. The smallest absolute Gasteiger partial charge is 0.253 e. The second kappa shape index (κ2) is 6.78. The van der Waals surface area contributed by atoms with Gasteiger partial charge >= 0.3 is 0 Å². The van der Waals surface area contributed by atoms with Crippen LogP contribution in [0.4, 0.5) is 5.82 Å². The maximum atomic E-state index is 12.7. The van der Waals surface area contributed by atoms with E-state index in [0.717, 1.165) is 11.4 Å². The molecule has 1 aliphatic rings. The molecule has 7 nitrogen and oxygen atoms in total. The van der Waals surface area contributed by atoms with Gasteiger partial charge < -0.3 is 20.0 Å². The Bertz CT molecular complexity index is 780. The van der Waals surface area contributed by atoms with Crippen molar-refractivity contribution in [1.82, 2.24) is 14.9 Å². The van der Waals surface area contributed by atoms with Crippen LogP contribution in [0.3, 0.4) is 0 Å². The minimum absolute atomic E-state index is 0.141. The van der Waals surface area contributed by atoms with Gasteiger partial charge in [0, 0.05) is 31.8 Å². The first-order chi connectivity index (χ1) is 11.9. The summed E-state index contributed by atoms with van der Waals surface area (Å²) in [7, 11) is 3.78. The van der Waals surface area contributed by atoms with Gasteiger partial charge in [0.05, 0.1) is 31.2 Å². The summed E-state index contributed by atoms with van der Waals surface area (Å²) in [5, 5.41) is 19.4. The van der Waals surface area contributed by atoms with Crippen LogP contribution in [0.2, 0.25) is 0 Å². The summed E-state index contributed by atoms with van der Waals surface area (Å²) in [5.41, 5.74) is 0.822. The molecule has 7 heteroatoms. The van der Waals surface area contributed by atoms with E-state index in [0.29, 0.717) is 24.2 Å². The monoisotopic (exact) mass is 342 g/mol. The van der Waals surface area contributed by atoms with Crippen molar-refractivity contribution in [3.05, 3.63) is 42.2 Å². The van der Waals surface area contributed by atoms with Gasteiger partial charge in [0.1, 0.15) is 11.4 Å². The molecule has 2 aromatic rings. The Balaban J connectivity index is 1.85. The van der Waals surface area contributed by atoms with Gasteiger partial charge in [-0.05, 0) is 18.6 Å². The lowest BCUT2D eigenvalue weighted by Gasteiger charge is -2.21. The highest BCUT2D eigenvalue weighted by Crippen LogP contribution is 2.24. The van der Waals surface area contributed by atoms with Gasteiger partial charge in [-0.2, -0.15) is 0 Å². The van der Waals surface area contributed by atoms with E-state index >= 15 is 0 Å². The molecule has 1 aliphatic heterocycles. The Morgan fingerprint density at radius 1 is 1.36 bits per heavy atom. The fourth-order valence-corrected chi connectivity index (χ4v) is 2.86. The topological polar surface area (TPSA) is 89.8 Å². The molecule has 0 saturated carbocycles. The zero-order valence-corrected chi connectivity index (χ0v) is 14.4. The normalized spacial score (nSPS) is 19.9. The minimum atomic E-state index is -1.20. The van der Waals surface area contributed by atoms with Crippen LogP contribution in [-0.4, -0.2) is 70.4 Å². The summed E-state index contributed by atoms with van der Waals surface area (Å²) in [6, 6.07) is 7.21. The highest BCUT2D eigenvalue weighted by molar-refractivity contribution is 5.95. The summed E-state index contributed by atoms with van der Waals surface area (Å²) < 4.78 is 0. The van der Waals surface area contributed by atoms with Crippen molar-refractivity contribution in [2.75, 3.05) is 38.7 Å². The molecule has 3 rings (SSSR count). The average Bonchev–Trinajstić information content (AvgIpc) is 3.04. The molecular formula is C18H22N4O3. The van der Waals surface area contributed by atoms with Gasteiger partial charge in [0.15, 0.2) is 0 Å². The number of carbonyl (C=O) groups is 1. The highest BCUT2D eigenvalue weighted by Gasteiger charge is 2.37. The van der Waals surface area contributed by atoms with Crippen LogP contribution < -0.4 is 4.90 Å². The molecule has 0 bridgehead atoms. The molecule has 1 amide bonds. The molecule has 1 aromatic carbocycles. The Morgan fingerprint density at radius 3 is 2.84 bits per heavy atom. The third-order valence-corrected chi connectivity index (χ3v) is 4.40. The van der Waals surface area contributed by atoms with Crippen LogP contribution >= 0.6 is 0 Å². The maximum absolute atomic E-state index is 12.7. The summed E-state index contributed by atoms with van der Waals surface area (Å²) in [5.74, 6) is 0.574. The Kier molecular flexibility index (Phi) is 4.69. The van der Waals surface area contributed by atoms with Crippen molar-refractivity contribution < 1.29 is 15.0 Å². The van der Waals surface area contributed by atoms with Crippen molar-refractivity contribution in [2.45, 2.75) is 12.0 Å². The van der Waals surface area contributed by atoms with Crippen molar-refractivity contribution in [3.8, 4) is 11.3 Å². The predicted octanol–water partition coefficient (Wildman–Crippen LogP) is 0.779. The van der Waals surface area contributed by atoms with Crippen LogP contribution in [0.25, 0.3) is 11.3 Å². The Morgan fingerprint density at radius 2 is 2.16 bits per heavy atom. The van der Waals surface area contributed by atoms with Crippen molar-refractivity contribution in [1.29, 1.82) is 0 Å². The first-order valence-corrected chi connectivity index (χ1v) is 8.14. The molecule has 132 valence electrons. The molecule has 2 heterocycles. The second-order valence-electron chi connectivity index (χ2n) is 6.60. The standard InChI is InChI=1S/C18H22N4O3/c1-21(2)16-10-19-9-15(20-16)13-4-3-5-14(8-13)17(24)22-7-6-18(25,11-22)12-23/h3-5,8-10,23,25H,6-7,11-12H2,1-2H3/t18-/m1/s1. The van der Waals surface area contributed by atoms with E-state index in [1.165, 1.54) is 0 Å². The summed E-state index contributed by atoms with van der Waals surface area (Å²) in [4.78, 5) is 24.9. The molecule has 0 spiro atoms. The number of carbonyl (C=O) groups excluding carboxylic acids is 1. The number of amides is 1.